The quantitative estimate of drug-likeness (QED) is 0.750. The third-order valence-corrected chi connectivity index (χ3v) is 3.38. The van der Waals surface area contributed by atoms with Gasteiger partial charge >= 0.3 is 0 Å². The van der Waals surface area contributed by atoms with Crippen molar-refractivity contribution in [2.24, 2.45) is 0 Å². The highest BCUT2D eigenvalue weighted by atomic mass is 35.5. The van der Waals surface area contributed by atoms with E-state index in [1.807, 2.05) is 0 Å². The fourth-order valence-corrected chi connectivity index (χ4v) is 2.04. The molecule has 1 rings (SSSR count). The molecule has 0 aromatic heterocycles. The predicted octanol–water partition coefficient (Wildman–Crippen LogP) is 1.68. The number of hydrogen-bond acceptors (Lipinski definition) is 4. The maximum Gasteiger partial charge on any atom is 0.298 e. The molecule has 0 amide bonds. The van der Waals surface area contributed by atoms with Gasteiger partial charge in [0.05, 0.1) is 19.2 Å². The van der Waals surface area contributed by atoms with E-state index in [0.29, 0.717) is 5.75 Å². The Bertz CT molecular complexity index is 427. The number of halogens is 1. The minimum absolute atomic E-state index is 0.0963. The van der Waals surface area contributed by atoms with E-state index >= 15 is 0 Å². The monoisotopic (exact) mass is 236 g/mol. The molecular formula is C8H9ClO4S. The summed E-state index contributed by atoms with van der Waals surface area (Å²) in [5.41, 5.74) is 0. The molecule has 0 aliphatic carbocycles. The first-order valence-electron chi connectivity index (χ1n) is 3.65. The lowest BCUT2D eigenvalue weighted by molar-refractivity contribution is 0.394. The van der Waals surface area contributed by atoms with Crippen molar-refractivity contribution in [3.8, 4) is 5.75 Å². The van der Waals surface area contributed by atoms with Gasteiger partial charge in [0.1, 0.15) is 10.6 Å². The summed E-state index contributed by atoms with van der Waals surface area (Å²) >= 11 is 5.70. The van der Waals surface area contributed by atoms with Gasteiger partial charge in [-0.05, 0) is 12.1 Å². The standard InChI is InChI=1S/C8H9ClO4S/c1-12-6-3-4-7(9)8(5-6)14(10,11)13-2/h3-5H,1-2H3. The number of ether oxygens (including phenoxy) is 1. The van der Waals surface area contributed by atoms with Crippen LogP contribution in [0.15, 0.2) is 23.1 Å². The second kappa shape index (κ2) is 4.16. The molecule has 78 valence electrons. The van der Waals surface area contributed by atoms with E-state index in [9.17, 15) is 8.42 Å². The summed E-state index contributed by atoms with van der Waals surface area (Å²) in [6.07, 6.45) is 0. The molecule has 0 saturated heterocycles. The largest absolute Gasteiger partial charge is 0.497 e. The van der Waals surface area contributed by atoms with Gasteiger partial charge in [0, 0.05) is 6.07 Å². The Morgan fingerprint density at radius 2 is 1.93 bits per heavy atom. The molecular weight excluding hydrogens is 228 g/mol. The Kier molecular flexibility index (Phi) is 3.36. The molecule has 0 bridgehead atoms. The minimum Gasteiger partial charge on any atom is -0.497 e. The molecule has 0 heterocycles. The maximum atomic E-state index is 11.3. The SMILES string of the molecule is COc1ccc(Cl)c(S(=O)(=O)OC)c1. The first-order chi connectivity index (χ1) is 6.51. The smallest absolute Gasteiger partial charge is 0.298 e. The first-order valence-corrected chi connectivity index (χ1v) is 5.44. The van der Waals surface area contributed by atoms with Gasteiger partial charge in [-0.15, -0.1) is 0 Å². The van der Waals surface area contributed by atoms with Gasteiger partial charge < -0.3 is 4.74 Å². The van der Waals surface area contributed by atoms with E-state index < -0.39 is 10.1 Å². The van der Waals surface area contributed by atoms with Gasteiger partial charge in [-0.25, -0.2) is 0 Å². The van der Waals surface area contributed by atoms with Crippen LogP contribution in [0.2, 0.25) is 5.02 Å². The molecule has 0 atom stereocenters. The van der Waals surface area contributed by atoms with Gasteiger partial charge in [0.25, 0.3) is 10.1 Å². The zero-order valence-electron chi connectivity index (χ0n) is 7.65. The van der Waals surface area contributed by atoms with E-state index in [-0.39, 0.29) is 9.92 Å². The van der Waals surface area contributed by atoms with Crippen molar-refractivity contribution >= 4 is 21.7 Å². The van der Waals surface area contributed by atoms with Crippen molar-refractivity contribution < 1.29 is 17.3 Å². The minimum atomic E-state index is -3.77. The average Bonchev–Trinajstić information content (AvgIpc) is 2.18. The summed E-state index contributed by atoms with van der Waals surface area (Å²) in [5, 5.41) is 0.104. The van der Waals surface area contributed by atoms with E-state index in [4.69, 9.17) is 16.3 Å². The van der Waals surface area contributed by atoms with Crippen LogP contribution >= 0.6 is 11.6 Å². The third kappa shape index (κ3) is 2.17. The van der Waals surface area contributed by atoms with E-state index in [1.165, 1.54) is 19.2 Å². The van der Waals surface area contributed by atoms with Gasteiger partial charge in [0.15, 0.2) is 0 Å². The number of hydrogen-bond donors (Lipinski definition) is 0. The summed E-state index contributed by atoms with van der Waals surface area (Å²) in [5.74, 6) is 0.407. The van der Waals surface area contributed by atoms with Crippen molar-refractivity contribution in [1.29, 1.82) is 0 Å². The molecule has 0 spiro atoms. The molecule has 1 aromatic rings. The average molecular weight is 237 g/mol. The van der Waals surface area contributed by atoms with Gasteiger partial charge in [-0.3, -0.25) is 4.18 Å². The fraction of sp³-hybridized carbons (Fsp3) is 0.250. The highest BCUT2D eigenvalue weighted by Gasteiger charge is 2.17. The van der Waals surface area contributed by atoms with Gasteiger partial charge in [-0.1, -0.05) is 11.6 Å². The fourth-order valence-electron chi connectivity index (χ4n) is 0.892. The lowest BCUT2D eigenvalue weighted by atomic mass is 10.3. The van der Waals surface area contributed by atoms with Crippen LogP contribution in [0, 0.1) is 0 Å². The van der Waals surface area contributed by atoms with E-state index in [0.717, 1.165) is 7.11 Å². The summed E-state index contributed by atoms with van der Waals surface area (Å²) in [6.45, 7) is 0. The topological polar surface area (TPSA) is 52.6 Å². The molecule has 0 N–H and O–H groups in total. The van der Waals surface area contributed by atoms with Gasteiger partial charge in [-0.2, -0.15) is 8.42 Å². The van der Waals surface area contributed by atoms with E-state index in [2.05, 4.69) is 4.18 Å². The van der Waals surface area contributed by atoms with Crippen molar-refractivity contribution in [1.82, 2.24) is 0 Å². The Labute approximate surface area is 87.5 Å². The van der Waals surface area contributed by atoms with Crippen molar-refractivity contribution in [3.05, 3.63) is 23.2 Å². The highest BCUT2D eigenvalue weighted by Crippen LogP contribution is 2.26. The van der Waals surface area contributed by atoms with Crippen LogP contribution in [0.25, 0.3) is 0 Å². The molecule has 1 aromatic carbocycles. The molecule has 14 heavy (non-hydrogen) atoms. The van der Waals surface area contributed by atoms with Crippen LogP contribution in [-0.4, -0.2) is 22.6 Å². The Morgan fingerprint density at radius 3 is 2.43 bits per heavy atom. The Balaban J connectivity index is 3.33. The number of methoxy groups -OCH3 is 1. The number of rotatable bonds is 3. The molecule has 0 aliphatic heterocycles. The second-order valence-corrected chi connectivity index (χ2v) is 4.51. The highest BCUT2D eigenvalue weighted by molar-refractivity contribution is 7.86. The van der Waals surface area contributed by atoms with Crippen molar-refractivity contribution in [3.63, 3.8) is 0 Å². The summed E-state index contributed by atoms with van der Waals surface area (Å²) in [6, 6.07) is 4.31. The molecule has 0 saturated carbocycles. The molecule has 0 fully saturated rings. The predicted molar refractivity (Wildman–Crippen MR) is 52.2 cm³/mol. The third-order valence-electron chi connectivity index (χ3n) is 1.63. The van der Waals surface area contributed by atoms with Crippen molar-refractivity contribution in [2.45, 2.75) is 4.90 Å². The zero-order valence-corrected chi connectivity index (χ0v) is 9.22. The lowest BCUT2D eigenvalue weighted by Crippen LogP contribution is -2.03. The molecule has 6 heteroatoms. The number of benzene rings is 1. The van der Waals surface area contributed by atoms with E-state index in [1.54, 1.807) is 6.07 Å². The van der Waals surface area contributed by atoms with Crippen LogP contribution in [-0.2, 0) is 14.3 Å². The van der Waals surface area contributed by atoms with Crippen LogP contribution in [0.3, 0.4) is 0 Å². The van der Waals surface area contributed by atoms with Crippen molar-refractivity contribution in [2.75, 3.05) is 14.2 Å². The Hall–Kier alpha value is -0.780. The molecule has 4 nitrogen and oxygen atoms in total. The zero-order chi connectivity index (χ0) is 10.8. The first kappa shape index (κ1) is 11.3. The van der Waals surface area contributed by atoms with Gasteiger partial charge in [0.2, 0.25) is 0 Å². The van der Waals surface area contributed by atoms with Crippen LogP contribution in [0.4, 0.5) is 0 Å². The molecule has 0 unspecified atom stereocenters. The summed E-state index contributed by atoms with van der Waals surface area (Å²) in [4.78, 5) is -0.0963. The molecule has 0 radical (unpaired) electrons. The molecule has 0 aliphatic rings. The van der Waals surface area contributed by atoms with Crippen LogP contribution < -0.4 is 4.74 Å². The maximum absolute atomic E-state index is 11.3. The Morgan fingerprint density at radius 1 is 1.29 bits per heavy atom. The normalized spacial score (nSPS) is 11.4. The van der Waals surface area contributed by atoms with Crippen LogP contribution in [0.5, 0.6) is 5.75 Å². The summed E-state index contributed by atoms with van der Waals surface area (Å²) < 4.78 is 31.9. The van der Waals surface area contributed by atoms with Crippen LogP contribution in [0.1, 0.15) is 0 Å². The summed E-state index contributed by atoms with van der Waals surface area (Å²) in [7, 11) is -1.26. The second-order valence-electron chi connectivity index (χ2n) is 2.42. The lowest BCUT2D eigenvalue weighted by Gasteiger charge is -2.05.